The van der Waals surface area contributed by atoms with Crippen molar-refractivity contribution in [2.75, 3.05) is 0 Å². The first kappa shape index (κ1) is 14.7. The van der Waals surface area contributed by atoms with Crippen LogP contribution in [-0.4, -0.2) is 0 Å². The lowest BCUT2D eigenvalue weighted by Gasteiger charge is -2.13. The van der Waals surface area contributed by atoms with Crippen molar-refractivity contribution in [1.82, 2.24) is 0 Å². The van der Waals surface area contributed by atoms with Gasteiger partial charge >= 0.3 is 0 Å². The van der Waals surface area contributed by atoms with Gasteiger partial charge in [0, 0.05) is 14.9 Å². The van der Waals surface area contributed by atoms with Gasteiger partial charge in [0.25, 0.3) is 0 Å². The summed E-state index contributed by atoms with van der Waals surface area (Å²) in [6.07, 6.45) is 0.277. The maximum atomic E-state index is 13.6. The van der Waals surface area contributed by atoms with Gasteiger partial charge in [0.2, 0.25) is 0 Å². The van der Waals surface area contributed by atoms with E-state index in [9.17, 15) is 8.78 Å². The lowest BCUT2D eigenvalue weighted by atomic mass is 10.0. The van der Waals surface area contributed by atoms with Crippen LogP contribution in [0.5, 0.6) is 0 Å². The van der Waals surface area contributed by atoms with Gasteiger partial charge in [-0.3, -0.25) is 0 Å². The van der Waals surface area contributed by atoms with Crippen molar-refractivity contribution in [1.29, 1.82) is 0 Å². The van der Waals surface area contributed by atoms with Crippen LogP contribution >= 0.6 is 31.9 Å². The van der Waals surface area contributed by atoms with Crippen molar-refractivity contribution in [3.63, 3.8) is 0 Å². The summed E-state index contributed by atoms with van der Waals surface area (Å²) in [5.41, 5.74) is 2.21. The number of rotatable bonds is 3. The van der Waals surface area contributed by atoms with Gasteiger partial charge in [-0.25, -0.2) is 8.78 Å². The summed E-state index contributed by atoms with van der Waals surface area (Å²) in [4.78, 5) is -0.120. The lowest BCUT2D eigenvalue weighted by Crippen LogP contribution is -2.01. The quantitative estimate of drug-likeness (QED) is 0.589. The molecule has 0 saturated carbocycles. The van der Waals surface area contributed by atoms with Crippen LogP contribution < -0.4 is 0 Å². The average Bonchev–Trinajstić information content (AvgIpc) is 2.37. The molecule has 0 bridgehead atoms. The van der Waals surface area contributed by atoms with E-state index in [1.54, 1.807) is 0 Å². The molecule has 100 valence electrons. The molecule has 19 heavy (non-hydrogen) atoms. The Bertz CT molecular complexity index is 576. The minimum absolute atomic E-state index is 0.116. The highest BCUT2D eigenvalue weighted by Gasteiger charge is 2.15. The van der Waals surface area contributed by atoms with Gasteiger partial charge in [-0.1, -0.05) is 50.1 Å². The second kappa shape index (κ2) is 6.14. The zero-order chi connectivity index (χ0) is 14.0. The van der Waals surface area contributed by atoms with E-state index in [0.717, 1.165) is 15.6 Å². The molecule has 0 fully saturated rings. The molecule has 2 rings (SSSR count). The van der Waals surface area contributed by atoms with Gasteiger partial charge < -0.3 is 0 Å². The fourth-order valence-electron chi connectivity index (χ4n) is 1.89. The van der Waals surface area contributed by atoms with Crippen LogP contribution in [0, 0.1) is 18.6 Å². The number of aryl methyl sites for hydroxylation is 1. The van der Waals surface area contributed by atoms with Gasteiger partial charge in [-0.05, 0) is 42.7 Å². The molecule has 0 heterocycles. The van der Waals surface area contributed by atoms with E-state index < -0.39 is 11.6 Å². The summed E-state index contributed by atoms with van der Waals surface area (Å²) in [5, 5.41) is 0. The first-order valence-corrected chi connectivity index (χ1v) is 7.53. The summed E-state index contributed by atoms with van der Waals surface area (Å²) in [6, 6.07) is 9.82. The maximum Gasteiger partial charge on any atom is 0.129 e. The molecule has 4 heteroatoms. The van der Waals surface area contributed by atoms with Gasteiger partial charge in [0.05, 0.1) is 0 Å². The summed E-state index contributed by atoms with van der Waals surface area (Å²) in [5.74, 6) is -1.00. The smallest absolute Gasteiger partial charge is 0.129 e. The third-order valence-corrected chi connectivity index (χ3v) is 4.73. The molecule has 0 aromatic heterocycles. The Morgan fingerprint density at radius 1 is 1.11 bits per heavy atom. The van der Waals surface area contributed by atoms with E-state index in [-0.39, 0.29) is 16.8 Å². The number of hydrogen-bond acceptors (Lipinski definition) is 0. The van der Waals surface area contributed by atoms with E-state index in [1.165, 1.54) is 18.2 Å². The van der Waals surface area contributed by atoms with Gasteiger partial charge in [0.1, 0.15) is 11.6 Å². The van der Waals surface area contributed by atoms with Crippen molar-refractivity contribution >= 4 is 31.9 Å². The maximum absolute atomic E-state index is 13.6. The van der Waals surface area contributed by atoms with Crippen LogP contribution in [0.3, 0.4) is 0 Å². The molecule has 2 aromatic rings. The van der Waals surface area contributed by atoms with Gasteiger partial charge in [0.15, 0.2) is 0 Å². The van der Waals surface area contributed by atoms with Crippen molar-refractivity contribution in [3.8, 4) is 0 Å². The third-order valence-electron chi connectivity index (χ3n) is 2.99. The highest BCUT2D eigenvalue weighted by molar-refractivity contribution is 9.10. The van der Waals surface area contributed by atoms with Crippen LogP contribution in [0.2, 0.25) is 0 Å². The predicted molar refractivity (Wildman–Crippen MR) is 80.6 cm³/mol. The van der Waals surface area contributed by atoms with Gasteiger partial charge in [-0.2, -0.15) is 0 Å². The lowest BCUT2D eigenvalue weighted by molar-refractivity contribution is 0.554. The summed E-state index contributed by atoms with van der Waals surface area (Å²) in [6.45, 7) is 1.98. The molecule has 0 N–H and O–H groups in total. The standard InChI is InChI=1S/C15H12Br2F2/c1-9-7-10(5-6-12(9)16)13(17)8-11-14(18)3-2-4-15(11)19/h2-7,13H,8H2,1H3. The Morgan fingerprint density at radius 3 is 2.32 bits per heavy atom. The average molecular weight is 390 g/mol. The first-order valence-electron chi connectivity index (χ1n) is 5.82. The second-order valence-corrected chi connectivity index (χ2v) is 6.34. The largest absolute Gasteiger partial charge is 0.207 e. The minimum atomic E-state index is -0.502. The molecule has 0 aliphatic heterocycles. The molecule has 1 atom stereocenters. The molecule has 0 saturated heterocycles. The van der Waals surface area contributed by atoms with E-state index in [4.69, 9.17) is 0 Å². The van der Waals surface area contributed by atoms with Crippen molar-refractivity contribution in [2.24, 2.45) is 0 Å². The predicted octanol–water partition coefficient (Wildman–Crippen LogP) is 5.71. The van der Waals surface area contributed by atoms with Crippen LogP contribution in [0.1, 0.15) is 21.5 Å². The molecule has 0 spiro atoms. The molecule has 2 aromatic carbocycles. The molecule has 0 aliphatic rings. The van der Waals surface area contributed by atoms with Gasteiger partial charge in [-0.15, -0.1) is 0 Å². The molecular formula is C15H12Br2F2. The molecule has 0 nitrogen and oxygen atoms in total. The van der Waals surface area contributed by atoms with E-state index in [2.05, 4.69) is 31.9 Å². The molecule has 0 aliphatic carbocycles. The van der Waals surface area contributed by atoms with Crippen LogP contribution in [0.4, 0.5) is 8.78 Å². The Labute approximate surface area is 128 Å². The zero-order valence-electron chi connectivity index (χ0n) is 10.3. The molecular weight excluding hydrogens is 378 g/mol. The summed E-state index contributed by atoms with van der Waals surface area (Å²) < 4.78 is 28.2. The van der Waals surface area contributed by atoms with Crippen LogP contribution in [-0.2, 0) is 6.42 Å². The van der Waals surface area contributed by atoms with Crippen molar-refractivity contribution in [3.05, 3.63) is 69.2 Å². The minimum Gasteiger partial charge on any atom is -0.207 e. The van der Waals surface area contributed by atoms with E-state index >= 15 is 0 Å². The summed E-state index contributed by atoms with van der Waals surface area (Å²) >= 11 is 6.93. The highest BCUT2D eigenvalue weighted by Crippen LogP contribution is 2.31. The monoisotopic (exact) mass is 388 g/mol. The summed E-state index contributed by atoms with van der Waals surface area (Å²) in [7, 11) is 0. The Morgan fingerprint density at radius 2 is 1.74 bits per heavy atom. The number of benzene rings is 2. The number of alkyl halides is 1. The second-order valence-electron chi connectivity index (χ2n) is 4.38. The van der Waals surface area contributed by atoms with Crippen molar-refractivity contribution < 1.29 is 8.78 Å². The Balaban J connectivity index is 2.25. The Kier molecular flexibility index (Phi) is 4.74. The Hall–Kier alpha value is -0.740. The highest BCUT2D eigenvalue weighted by atomic mass is 79.9. The fourth-order valence-corrected chi connectivity index (χ4v) is 2.74. The number of hydrogen-bond donors (Lipinski definition) is 0. The molecule has 0 radical (unpaired) electrons. The zero-order valence-corrected chi connectivity index (χ0v) is 13.4. The molecule has 1 unspecified atom stereocenters. The van der Waals surface area contributed by atoms with Crippen molar-refractivity contribution in [2.45, 2.75) is 18.2 Å². The van der Waals surface area contributed by atoms with E-state index in [1.807, 2.05) is 25.1 Å². The SMILES string of the molecule is Cc1cc(C(Br)Cc2c(F)cccc2F)ccc1Br. The number of halogens is 4. The molecule has 0 amide bonds. The normalized spacial score (nSPS) is 12.5. The first-order chi connectivity index (χ1) is 8.99. The van der Waals surface area contributed by atoms with E-state index in [0.29, 0.717) is 0 Å². The fraction of sp³-hybridized carbons (Fsp3) is 0.200. The van der Waals surface area contributed by atoms with Crippen LogP contribution in [0.25, 0.3) is 0 Å². The van der Waals surface area contributed by atoms with Crippen LogP contribution in [0.15, 0.2) is 40.9 Å². The third kappa shape index (κ3) is 3.42. The topological polar surface area (TPSA) is 0 Å².